The van der Waals surface area contributed by atoms with Crippen LogP contribution in [0.4, 0.5) is 5.69 Å². The molecule has 1 aliphatic heterocycles. The number of ether oxygens (including phenoxy) is 2. The first-order chi connectivity index (χ1) is 15.6. The molecule has 5 nitrogen and oxygen atoms in total. The summed E-state index contributed by atoms with van der Waals surface area (Å²) >= 11 is 0. The number of fused-ring (bicyclic) bond motifs is 1. The van der Waals surface area contributed by atoms with E-state index in [2.05, 4.69) is 24.4 Å². The maximum atomic E-state index is 13.5. The van der Waals surface area contributed by atoms with Crippen LogP contribution in [0.15, 0.2) is 78.9 Å². The van der Waals surface area contributed by atoms with E-state index in [4.69, 9.17) is 9.47 Å². The highest BCUT2D eigenvalue weighted by Crippen LogP contribution is 2.38. The van der Waals surface area contributed by atoms with Crippen LogP contribution < -0.4 is 10.1 Å². The highest BCUT2D eigenvalue weighted by atomic mass is 16.5. The number of carbonyl (C=O) groups is 1. The average molecular weight is 431 g/mol. The topological polar surface area (TPSA) is 50.8 Å². The second kappa shape index (κ2) is 9.88. The molecule has 0 spiro atoms. The number of amides is 1. The molecule has 0 aromatic heterocycles. The molecule has 3 aromatic carbocycles. The molecule has 1 unspecified atom stereocenters. The van der Waals surface area contributed by atoms with E-state index in [0.29, 0.717) is 31.9 Å². The van der Waals surface area contributed by atoms with Gasteiger partial charge in [0.1, 0.15) is 18.0 Å². The molecule has 1 amide bonds. The van der Waals surface area contributed by atoms with Crippen molar-refractivity contribution in [2.75, 3.05) is 31.7 Å². The molecule has 0 aliphatic carbocycles. The molecule has 0 saturated heterocycles. The lowest BCUT2D eigenvalue weighted by Gasteiger charge is -2.47. The van der Waals surface area contributed by atoms with Crippen molar-refractivity contribution in [3.8, 4) is 5.75 Å². The molecular weight excluding hydrogens is 400 g/mol. The fraction of sp³-hybridized carbons (Fsp3) is 0.296. The predicted molar refractivity (Wildman–Crippen MR) is 127 cm³/mol. The third-order valence-corrected chi connectivity index (χ3v) is 5.90. The van der Waals surface area contributed by atoms with Crippen molar-refractivity contribution >= 4 is 11.6 Å². The van der Waals surface area contributed by atoms with Crippen LogP contribution in [0, 0.1) is 0 Å². The number of nitrogens with one attached hydrogen (secondary N) is 1. The van der Waals surface area contributed by atoms with Crippen LogP contribution in [0.5, 0.6) is 5.75 Å². The molecule has 0 bridgehead atoms. The summed E-state index contributed by atoms with van der Waals surface area (Å²) in [7, 11) is 0. The van der Waals surface area contributed by atoms with Crippen molar-refractivity contribution in [1.29, 1.82) is 0 Å². The molecule has 0 fully saturated rings. The van der Waals surface area contributed by atoms with Gasteiger partial charge in [-0.2, -0.15) is 0 Å². The van der Waals surface area contributed by atoms with Gasteiger partial charge < -0.3 is 19.7 Å². The zero-order valence-electron chi connectivity index (χ0n) is 18.7. The van der Waals surface area contributed by atoms with Crippen LogP contribution in [0.1, 0.15) is 35.3 Å². The zero-order chi connectivity index (χ0) is 22.4. The van der Waals surface area contributed by atoms with Crippen LogP contribution >= 0.6 is 0 Å². The minimum atomic E-state index is -0.677. The largest absolute Gasteiger partial charge is 0.491 e. The normalized spacial score (nSPS) is 17.6. The van der Waals surface area contributed by atoms with E-state index in [1.165, 1.54) is 5.56 Å². The first-order valence-electron chi connectivity index (χ1n) is 11.2. The molecule has 1 atom stereocenters. The van der Waals surface area contributed by atoms with Crippen molar-refractivity contribution in [3.63, 3.8) is 0 Å². The van der Waals surface area contributed by atoms with E-state index in [9.17, 15) is 4.79 Å². The Bertz CT molecular complexity index is 1040. The van der Waals surface area contributed by atoms with E-state index < -0.39 is 5.66 Å². The van der Waals surface area contributed by atoms with Gasteiger partial charge in [-0.1, -0.05) is 54.6 Å². The van der Waals surface area contributed by atoms with Gasteiger partial charge in [0.2, 0.25) is 0 Å². The molecule has 166 valence electrons. The summed E-state index contributed by atoms with van der Waals surface area (Å²) in [5.41, 5.74) is 3.09. The number of anilines is 1. The first-order valence-corrected chi connectivity index (χ1v) is 11.2. The molecule has 0 radical (unpaired) electrons. The van der Waals surface area contributed by atoms with Gasteiger partial charge in [0, 0.05) is 18.8 Å². The summed E-state index contributed by atoms with van der Waals surface area (Å²) < 4.78 is 11.1. The number of carbonyl (C=O) groups excluding carboxylic acids is 1. The minimum Gasteiger partial charge on any atom is -0.491 e. The van der Waals surface area contributed by atoms with Crippen molar-refractivity contribution < 1.29 is 14.3 Å². The molecule has 1 aliphatic rings. The lowest BCUT2D eigenvalue weighted by Crippen LogP contribution is -2.56. The number of rotatable bonds is 9. The monoisotopic (exact) mass is 430 g/mol. The minimum absolute atomic E-state index is 0.0369. The first kappa shape index (κ1) is 21.9. The van der Waals surface area contributed by atoms with Crippen LogP contribution in [-0.2, 0) is 16.8 Å². The smallest absolute Gasteiger partial charge is 0.258 e. The molecule has 32 heavy (non-hydrogen) atoms. The maximum Gasteiger partial charge on any atom is 0.258 e. The van der Waals surface area contributed by atoms with Crippen molar-refractivity contribution in [1.82, 2.24) is 4.90 Å². The molecule has 1 N–H and O–H groups in total. The Labute approximate surface area is 190 Å². The zero-order valence-corrected chi connectivity index (χ0v) is 18.7. The molecule has 1 heterocycles. The second-order valence-corrected chi connectivity index (χ2v) is 8.00. The van der Waals surface area contributed by atoms with Crippen molar-refractivity contribution in [3.05, 3.63) is 95.6 Å². The Kier molecular flexibility index (Phi) is 6.76. The fourth-order valence-electron chi connectivity index (χ4n) is 4.13. The van der Waals surface area contributed by atoms with E-state index in [-0.39, 0.29) is 5.91 Å². The van der Waals surface area contributed by atoms with Crippen LogP contribution in [0.2, 0.25) is 0 Å². The lowest BCUT2D eigenvalue weighted by atomic mass is 9.93. The average Bonchev–Trinajstić information content (AvgIpc) is 2.83. The number of benzene rings is 3. The number of hydrogen-bond acceptors (Lipinski definition) is 4. The van der Waals surface area contributed by atoms with Gasteiger partial charge in [-0.15, -0.1) is 0 Å². The van der Waals surface area contributed by atoms with E-state index >= 15 is 0 Å². The van der Waals surface area contributed by atoms with Crippen LogP contribution in [-0.4, -0.2) is 37.2 Å². The summed E-state index contributed by atoms with van der Waals surface area (Å²) in [6, 6.07) is 25.9. The molecule has 0 saturated carbocycles. The van der Waals surface area contributed by atoms with Gasteiger partial charge in [-0.25, -0.2) is 0 Å². The van der Waals surface area contributed by atoms with Crippen molar-refractivity contribution in [2.45, 2.75) is 25.9 Å². The van der Waals surface area contributed by atoms with Gasteiger partial charge in [-0.3, -0.25) is 4.79 Å². The highest BCUT2D eigenvalue weighted by Gasteiger charge is 2.42. The fourth-order valence-corrected chi connectivity index (χ4v) is 4.13. The Hall–Kier alpha value is -3.31. The Morgan fingerprint density at radius 1 is 0.906 bits per heavy atom. The van der Waals surface area contributed by atoms with Crippen LogP contribution in [0.3, 0.4) is 0 Å². The summed E-state index contributed by atoms with van der Waals surface area (Å²) in [5, 5.41) is 3.63. The maximum absolute atomic E-state index is 13.5. The van der Waals surface area contributed by atoms with E-state index in [0.717, 1.165) is 23.4 Å². The van der Waals surface area contributed by atoms with Crippen molar-refractivity contribution in [2.24, 2.45) is 0 Å². The van der Waals surface area contributed by atoms with Gasteiger partial charge in [-0.05, 0) is 55.7 Å². The molecule has 3 aromatic rings. The third-order valence-electron chi connectivity index (χ3n) is 5.90. The van der Waals surface area contributed by atoms with E-state index in [1.54, 1.807) is 0 Å². The number of hydrogen-bond donors (Lipinski definition) is 1. The number of nitrogens with zero attached hydrogens (tertiary/aromatic N) is 1. The van der Waals surface area contributed by atoms with E-state index in [1.807, 2.05) is 78.6 Å². The Morgan fingerprint density at radius 3 is 2.38 bits per heavy atom. The van der Waals surface area contributed by atoms with Crippen LogP contribution in [0.25, 0.3) is 0 Å². The third kappa shape index (κ3) is 4.63. The van der Waals surface area contributed by atoms with Gasteiger partial charge in [0.15, 0.2) is 0 Å². The van der Waals surface area contributed by atoms with Gasteiger partial charge >= 0.3 is 0 Å². The molecule has 4 rings (SSSR count). The predicted octanol–water partition coefficient (Wildman–Crippen LogP) is 5.09. The van der Waals surface area contributed by atoms with Gasteiger partial charge in [0.05, 0.1) is 12.2 Å². The Balaban J connectivity index is 1.59. The number of para-hydroxylation sites is 1. The Morgan fingerprint density at radius 2 is 1.62 bits per heavy atom. The lowest BCUT2D eigenvalue weighted by molar-refractivity contribution is 0.0538. The summed E-state index contributed by atoms with van der Waals surface area (Å²) in [6.07, 6.45) is 0.782. The highest BCUT2D eigenvalue weighted by molar-refractivity contribution is 6.02. The standard InChI is InChI=1S/C27H30N2O3/c1-3-31-19-20-32-23-15-13-22(14-16-23)27(2)28-25-12-8-7-11-24(25)26(30)29(27)18-17-21-9-5-4-6-10-21/h4-16,28H,3,17-20H2,1-2H3. The summed E-state index contributed by atoms with van der Waals surface area (Å²) in [4.78, 5) is 15.5. The quantitative estimate of drug-likeness (QED) is 0.481. The SMILES string of the molecule is CCOCCOc1ccc(C2(C)Nc3ccccc3C(=O)N2CCc2ccccc2)cc1. The van der Waals surface area contributed by atoms with Gasteiger partial charge in [0.25, 0.3) is 5.91 Å². The molecular formula is C27H30N2O3. The summed E-state index contributed by atoms with van der Waals surface area (Å²) in [5.74, 6) is 0.824. The molecule has 5 heteroatoms. The second-order valence-electron chi connectivity index (χ2n) is 8.00. The summed E-state index contributed by atoms with van der Waals surface area (Å²) in [6.45, 7) is 6.40.